The third kappa shape index (κ3) is 4.32. The maximum atomic E-state index is 12.2. The Kier molecular flexibility index (Phi) is 5.21. The Morgan fingerprint density at radius 3 is 2.60 bits per heavy atom. The van der Waals surface area contributed by atoms with Gasteiger partial charge >= 0.3 is 0 Å². The molecule has 2 heterocycles. The number of hydrogen-bond donors (Lipinski definition) is 1. The monoisotopic (exact) mass is 335 g/mol. The molecule has 1 N–H and O–H groups in total. The number of hydrogen-bond acceptors (Lipinski definition) is 5. The minimum absolute atomic E-state index is 0.217. The van der Waals surface area contributed by atoms with Crippen LogP contribution in [0.3, 0.4) is 0 Å². The molecule has 6 nitrogen and oxygen atoms in total. The molecule has 1 amide bonds. The molecule has 0 radical (unpaired) electrons. The third-order valence-corrected chi connectivity index (χ3v) is 3.48. The molecule has 126 valence electrons. The fourth-order valence-corrected chi connectivity index (χ4v) is 2.22. The van der Waals surface area contributed by atoms with Crippen molar-refractivity contribution in [3.63, 3.8) is 0 Å². The van der Waals surface area contributed by atoms with Crippen molar-refractivity contribution in [3.8, 4) is 11.5 Å². The predicted octanol–water partition coefficient (Wildman–Crippen LogP) is 3.32. The molecule has 0 bridgehead atoms. The van der Waals surface area contributed by atoms with E-state index in [1.54, 1.807) is 62.2 Å². The highest BCUT2D eigenvalue weighted by Crippen LogP contribution is 2.31. The first kappa shape index (κ1) is 16.4. The van der Waals surface area contributed by atoms with E-state index in [4.69, 9.17) is 9.47 Å². The van der Waals surface area contributed by atoms with E-state index >= 15 is 0 Å². The number of pyridine rings is 2. The molecule has 0 saturated heterocycles. The van der Waals surface area contributed by atoms with Crippen LogP contribution in [0.25, 0.3) is 0 Å². The number of rotatable bonds is 6. The summed E-state index contributed by atoms with van der Waals surface area (Å²) in [4.78, 5) is 20.2. The van der Waals surface area contributed by atoms with E-state index in [0.29, 0.717) is 29.4 Å². The van der Waals surface area contributed by atoms with E-state index in [9.17, 15) is 4.79 Å². The number of carbonyl (C=O) groups is 1. The minimum Gasteiger partial charge on any atom is -0.493 e. The van der Waals surface area contributed by atoms with Gasteiger partial charge in [-0.2, -0.15) is 0 Å². The molecule has 3 aromatic rings. The molecule has 0 unspecified atom stereocenters. The van der Waals surface area contributed by atoms with Crippen molar-refractivity contribution in [2.24, 2.45) is 0 Å². The number of nitrogens with zero attached hydrogens (tertiary/aromatic N) is 2. The van der Waals surface area contributed by atoms with E-state index in [2.05, 4.69) is 15.3 Å². The molecular weight excluding hydrogens is 318 g/mol. The van der Waals surface area contributed by atoms with Gasteiger partial charge in [0.25, 0.3) is 5.91 Å². The topological polar surface area (TPSA) is 73.3 Å². The van der Waals surface area contributed by atoms with E-state index in [0.717, 1.165) is 5.56 Å². The molecule has 2 aromatic heterocycles. The number of anilines is 1. The zero-order valence-corrected chi connectivity index (χ0v) is 13.7. The van der Waals surface area contributed by atoms with Gasteiger partial charge in [0.2, 0.25) is 0 Å². The first-order valence-corrected chi connectivity index (χ1v) is 7.67. The normalized spacial score (nSPS) is 10.1. The largest absolute Gasteiger partial charge is 0.493 e. The second kappa shape index (κ2) is 7.92. The number of nitrogens with one attached hydrogen (secondary N) is 1. The Morgan fingerprint density at radius 2 is 1.88 bits per heavy atom. The summed E-state index contributed by atoms with van der Waals surface area (Å²) in [7, 11) is 1.57. The lowest BCUT2D eigenvalue weighted by Crippen LogP contribution is -2.12. The number of carbonyl (C=O) groups excluding carboxylic acids is 1. The first-order chi connectivity index (χ1) is 12.3. The molecule has 0 saturated carbocycles. The Labute approximate surface area is 145 Å². The van der Waals surface area contributed by atoms with Crippen LogP contribution in [0.15, 0.2) is 67.3 Å². The van der Waals surface area contributed by atoms with Crippen molar-refractivity contribution in [1.82, 2.24) is 9.97 Å². The van der Waals surface area contributed by atoms with Crippen LogP contribution < -0.4 is 14.8 Å². The fourth-order valence-electron chi connectivity index (χ4n) is 2.22. The van der Waals surface area contributed by atoms with E-state index in [1.165, 1.54) is 0 Å². The van der Waals surface area contributed by atoms with Gasteiger partial charge in [0.15, 0.2) is 11.5 Å². The summed E-state index contributed by atoms with van der Waals surface area (Å²) in [5, 5.41) is 2.83. The van der Waals surface area contributed by atoms with E-state index in [1.807, 2.05) is 12.1 Å². The van der Waals surface area contributed by atoms with Crippen LogP contribution in [0.4, 0.5) is 5.69 Å². The summed E-state index contributed by atoms with van der Waals surface area (Å²) >= 11 is 0. The molecule has 0 aliphatic heterocycles. The van der Waals surface area contributed by atoms with Gasteiger partial charge in [-0.15, -0.1) is 0 Å². The van der Waals surface area contributed by atoms with Crippen LogP contribution in [0.5, 0.6) is 11.5 Å². The number of benzene rings is 1. The SMILES string of the molecule is COc1ccc(NC(=O)c2ccncc2)cc1OCc1cccnc1. The average Bonchev–Trinajstić information content (AvgIpc) is 2.68. The third-order valence-electron chi connectivity index (χ3n) is 3.48. The van der Waals surface area contributed by atoms with Crippen molar-refractivity contribution in [3.05, 3.63) is 78.4 Å². The highest BCUT2D eigenvalue weighted by molar-refractivity contribution is 6.04. The number of ether oxygens (including phenoxy) is 2. The van der Waals surface area contributed by atoms with E-state index < -0.39 is 0 Å². The Morgan fingerprint density at radius 1 is 1.04 bits per heavy atom. The lowest BCUT2D eigenvalue weighted by Gasteiger charge is -2.13. The van der Waals surface area contributed by atoms with Crippen molar-refractivity contribution in [1.29, 1.82) is 0 Å². The summed E-state index contributed by atoms with van der Waals surface area (Å²) in [5.41, 5.74) is 2.09. The molecule has 1 aromatic carbocycles. The Hall–Kier alpha value is -3.41. The maximum absolute atomic E-state index is 12.2. The lowest BCUT2D eigenvalue weighted by molar-refractivity contribution is 0.102. The average molecular weight is 335 g/mol. The smallest absolute Gasteiger partial charge is 0.255 e. The van der Waals surface area contributed by atoms with Crippen LogP contribution in [-0.2, 0) is 6.61 Å². The molecule has 3 rings (SSSR count). The summed E-state index contributed by atoms with van der Waals surface area (Å²) in [6.07, 6.45) is 6.59. The molecule has 6 heteroatoms. The molecule has 25 heavy (non-hydrogen) atoms. The van der Waals surface area contributed by atoms with Crippen LogP contribution in [0, 0.1) is 0 Å². The molecule has 0 fully saturated rings. The standard InChI is InChI=1S/C19H17N3O3/c1-24-17-5-4-16(22-19(23)15-6-9-20-10-7-15)11-18(17)25-13-14-3-2-8-21-12-14/h2-12H,13H2,1H3,(H,22,23). The van der Waals surface area contributed by atoms with Crippen LogP contribution in [-0.4, -0.2) is 23.0 Å². The Balaban J connectivity index is 1.74. The van der Waals surface area contributed by atoms with Gasteiger partial charge in [0.1, 0.15) is 6.61 Å². The summed E-state index contributed by atoms with van der Waals surface area (Å²) in [6.45, 7) is 0.353. The summed E-state index contributed by atoms with van der Waals surface area (Å²) < 4.78 is 11.1. The van der Waals surface area contributed by atoms with Crippen molar-refractivity contribution < 1.29 is 14.3 Å². The second-order valence-electron chi connectivity index (χ2n) is 5.21. The van der Waals surface area contributed by atoms with Crippen molar-refractivity contribution >= 4 is 11.6 Å². The summed E-state index contributed by atoms with van der Waals surface area (Å²) in [5.74, 6) is 0.912. The zero-order chi connectivity index (χ0) is 17.5. The highest BCUT2D eigenvalue weighted by Gasteiger charge is 2.10. The van der Waals surface area contributed by atoms with Crippen LogP contribution in [0.1, 0.15) is 15.9 Å². The molecule has 0 atom stereocenters. The van der Waals surface area contributed by atoms with Crippen LogP contribution in [0.2, 0.25) is 0 Å². The molecule has 0 aliphatic rings. The first-order valence-electron chi connectivity index (χ1n) is 7.67. The molecular formula is C19H17N3O3. The van der Waals surface area contributed by atoms with Gasteiger partial charge in [-0.25, -0.2) is 0 Å². The maximum Gasteiger partial charge on any atom is 0.255 e. The fraction of sp³-hybridized carbons (Fsp3) is 0.105. The molecule has 0 aliphatic carbocycles. The number of methoxy groups -OCH3 is 1. The van der Waals surface area contributed by atoms with Gasteiger partial charge in [0, 0.05) is 47.7 Å². The van der Waals surface area contributed by atoms with E-state index in [-0.39, 0.29) is 5.91 Å². The van der Waals surface area contributed by atoms with Crippen molar-refractivity contribution in [2.75, 3.05) is 12.4 Å². The zero-order valence-electron chi connectivity index (χ0n) is 13.7. The Bertz CT molecular complexity index is 839. The van der Waals surface area contributed by atoms with Gasteiger partial charge in [-0.1, -0.05) is 6.07 Å². The van der Waals surface area contributed by atoms with Gasteiger partial charge in [0.05, 0.1) is 7.11 Å². The quantitative estimate of drug-likeness (QED) is 0.748. The van der Waals surface area contributed by atoms with Crippen LogP contribution >= 0.6 is 0 Å². The predicted molar refractivity (Wildman–Crippen MR) is 93.8 cm³/mol. The van der Waals surface area contributed by atoms with Gasteiger partial charge in [-0.05, 0) is 30.3 Å². The van der Waals surface area contributed by atoms with Crippen molar-refractivity contribution in [2.45, 2.75) is 6.61 Å². The number of aromatic nitrogens is 2. The summed E-state index contributed by atoms with van der Waals surface area (Å²) in [6, 6.07) is 12.3. The van der Waals surface area contributed by atoms with Gasteiger partial charge in [-0.3, -0.25) is 14.8 Å². The van der Waals surface area contributed by atoms with Gasteiger partial charge < -0.3 is 14.8 Å². The lowest BCUT2D eigenvalue weighted by atomic mass is 10.2. The number of amides is 1. The molecule has 0 spiro atoms. The minimum atomic E-state index is -0.217. The second-order valence-corrected chi connectivity index (χ2v) is 5.21. The highest BCUT2D eigenvalue weighted by atomic mass is 16.5.